The number of nitrogen functional groups attached to an aromatic ring is 1. The van der Waals surface area contributed by atoms with Crippen LogP contribution in [0.15, 0.2) is 59.8 Å². The molecule has 0 fully saturated rings. The van der Waals surface area contributed by atoms with Gasteiger partial charge in [-0.25, -0.2) is 8.42 Å². The summed E-state index contributed by atoms with van der Waals surface area (Å²) in [6.45, 7) is 1.77. The largest absolute Gasteiger partial charge is 1.00 e. The fraction of sp³-hybridized carbons (Fsp3) is 0.154. The number of rotatable bonds is 4. The first-order valence-electron chi connectivity index (χ1n) is 5.83. The Morgan fingerprint density at radius 3 is 2.20 bits per heavy atom. The molecule has 1 aromatic carbocycles. The zero-order valence-electron chi connectivity index (χ0n) is 10.9. The van der Waals surface area contributed by atoms with Crippen LogP contribution in [0.4, 0.5) is 5.69 Å². The maximum atomic E-state index is 12.2. The van der Waals surface area contributed by atoms with E-state index in [1.165, 1.54) is 12.1 Å². The van der Waals surface area contributed by atoms with Crippen LogP contribution in [-0.2, 0) is 10.0 Å². The van der Waals surface area contributed by atoms with Gasteiger partial charge < -0.3 is 18.1 Å². The minimum Gasteiger partial charge on any atom is -1.00 e. The number of hydrogen-bond donors (Lipinski definition) is 2. The van der Waals surface area contributed by atoms with E-state index in [4.69, 9.17) is 5.73 Å². The topological polar surface area (TPSA) is 76.1 Å². The molecule has 1 atom stereocenters. The summed E-state index contributed by atoms with van der Waals surface area (Å²) >= 11 is 0. The van der Waals surface area contributed by atoms with Gasteiger partial charge in [0.2, 0.25) is 16.2 Å². The van der Waals surface area contributed by atoms with Crippen molar-refractivity contribution in [1.29, 1.82) is 0 Å². The van der Waals surface area contributed by atoms with E-state index >= 15 is 0 Å². The van der Waals surface area contributed by atoms with Gasteiger partial charge in [-0.1, -0.05) is 6.07 Å². The van der Waals surface area contributed by atoms with Crippen molar-refractivity contribution >= 4 is 15.7 Å². The SMILES string of the molecule is CC(NS(=O)(=O)c1ccc(N)cc1)[n+]1ccccc1.[Cl-]. The summed E-state index contributed by atoms with van der Waals surface area (Å²) in [6, 6.07) is 11.7. The van der Waals surface area contributed by atoms with E-state index in [0.29, 0.717) is 5.69 Å². The molecule has 2 rings (SSSR count). The van der Waals surface area contributed by atoms with E-state index in [0.717, 1.165) is 0 Å². The molecule has 1 aromatic heterocycles. The molecule has 0 saturated heterocycles. The number of nitrogens with two attached hydrogens (primary N) is 1. The normalized spacial score (nSPS) is 12.4. The van der Waals surface area contributed by atoms with Crippen molar-refractivity contribution in [3.63, 3.8) is 0 Å². The van der Waals surface area contributed by atoms with Crippen LogP contribution in [0.2, 0.25) is 0 Å². The van der Waals surface area contributed by atoms with E-state index in [1.54, 1.807) is 36.0 Å². The van der Waals surface area contributed by atoms with Crippen molar-refractivity contribution in [3.8, 4) is 0 Å². The standard InChI is InChI=1S/C13H16N3O2S.ClH/c1-11(16-9-3-2-4-10-16)15-19(17,18)13-7-5-12(14)6-8-13;/h2-11,15H,14H2,1H3;1H/q+1;/p-1. The van der Waals surface area contributed by atoms with Crippen LogP contribution in [0.5, 0.6) is 0 Å². The van der Waals surface area contributed by atoms with Crippen molar-refractivity contribution < 1.29 is 25.4 Å². The van der Waals surface area contributed by atoms with E-state index in [-0.39, 0.29) is 23.5 Å². The third kappa shape index (κ3) is 3.93. The monoisotopic (exact) mass is 313 g/mol. The van der Waals surface area contributed by atoms with Gasteiger partial charge in [-0.15, -0.1) is 4.72 Å². The molecule has 20 heavy (non-hydrogen) atoms. The minimum atomic E-state index is -3.55. The van der Waals surface area contributed by atoms with Crippen molar-refractivity contribution in [2.24, 2.45) is 0 Å². The number of nitrogens with zero attached hydrogens (tertiary/aromatic N) is 1. The van der Waals surface area contributed by atoms with E-state index < -0.39 is 10.0 Å². The minimum absolute atomic E-state index is 0. The lowest BCUT2D eigenvalue weighted by atomic mass is 10.3. The zero-order chi connectivity index (χ0) is 13.9. The van der Waals surface area contributed by atoms with Gasteiger partial charge in [0.05, 0.1) is 4.90 Å². The second kappa shape index (κ2) is 6.69. The quantitative estimate of drug-likeness (QED) is 0.509. The maximum absolute atomic E-state index is 12.2. The fourth-order valence-electron chi connectivity index (χ4n) is 1.67. The average Bonchev–Trinajstić information content (AvgIpc) is 2.40. The van der Waals surface area contributed by atoms with Crippen LogP contribution < -0.4 is 27.4 Å². The fourth-order valence-corrected chi connectivity index (χ4v) is 2.87. The number of halogens is 1. The second-order valence-corrected chi connectivity index (χ2v) is 5.90. The Balaban J connectivity index is 0.00000200. The van der Waals surface area contributed by atoms with Gasteiger partial charge in [0.15, 0.2) is 12.4 Å². The number of sulfonamides is 1. The van der Waals surface area contributed by atoms with Crippen LogP contribution in [0.3, 0.4) is 0 Å². The Morgan fingerprint density at radius 2 is 1.65 bits per heavy atom. The molecule has 0 spiro atoms. The average molecular weight is 314 g/mol. The summed E-state index contributed by atoms with van der Waals surface area (Å²) in [5.41, 5.74) is 6.07. The molecule has 5 nitrogen and oxygen atoms in total. The lowest BCUT2D eigenvalue weighted by Crippen LogP contribution is -3.00. The van der Waals surface area contributed by atoms with Gasteiger partial charge in [-0.2, -0.15) is 4.57 Å². The molecule has 1 heterocycles. The molecule has 0 aliphatic heterocycles. The van der Waals surface area contributed by atoms with Gasteiger partial charge in [0.25, 0.3) is 0 Å². The zero-order valence-corrected chi connectivity index (χ0v) is 12.5. The smallest absolute Gasteiger partial charge is 0.245 e. The second-order valence-electron chi connectivity index (χ2n) is 4.19. The van der Waals surface area contributed by atoms with Crippen LogP contribution >= 0.6 is 0 Å². The molecule has 0 amide bonds. The van der Waals surface area contributed by atoms with Crippen LogP contribution in [0, 0.1) is 0 Å². The van der Waals surface area contributed by atoms with Crippen molar-refractivity contribution in [2.45, 2.75) is 18.0 Å². The molecule has 0 bridgehead atoms. The molecule has 108 valence electrons. The van der Waals surface area contributed by atoms with Crippen LogP contribution in [0.1, 0.15) is 13.1 Å². The Morgan fingerprint density at radius 1 is 1.10 bits per heavy atom. The summed E-state index contributed by atoms with van der Waals surface area (Å²) in [5.74, 6) is 0. The Labute approximate surface area is 124 Å². The summed E-state index contributed by atoms with van der Waals surface area (Å²) in [6.07, 6.45) is 3.23. The Hall–Kier alpha value is -1.63. The first-order valence-corrected chi connectivity index (χ1v) is 7.31. The molecule has 0 saturated carbocycles. The molecule has 3 N–H and O–H groups in total. The third-order valence-electron chi connectivity index (χ3n) is 2.70. The number of benzene rings is 1. The van der Waals surface area contributed by atoms with Gasteiger partial charge in [0.1, 0.15) is 0 Å². The van der Waals surface area contributed by atoms with Crippen LogP contribution in [-0.4, -0.2) is 8.42 Å². The van der Waals surface area contributed by atoms with Crippen molar-refractivity contribution in [3.05, 3.63) is 54.9 Å². The van der Waals surface area contributed by atoms with Gasteiger partial charge in [-0.05, 0) is 24.3 Å². The van der Waals surface area contributed by atoms with Crippen molar-refractivity contribution in [2.75, 3.05) is 5.73 Å². The summed E-state index contributed by atoms with van der Waals surface area (Å²) < 4.78 is 28.7. The Bertz CT molecular complexity index is 645. The Kier molecular flexibility index (Phi) is 5.50. The lowest BCUT2D eigenvalue weighted by molar-refractivity contribution is -0.722. The van der Waals surface area contributed by atoms with Gasteiger partial charge in [0, 0.05) is 24.7 Å². The molecular weight excluding hydrogens is 298 g/mol. The van der Waals surface area contributed by atoms with E-state index in [9.17, 15) is 8.42 Å². The number of aromatic nitrogens is 1. The summed E-state index contributed by atoms with van der Waals surface area (Å²) in [4.78, 5) is 0.199. The summed E-state index contributed by atoms with van der Waals surface area (Å²) in [7, 11) is -3.55. The first-order chi connectivity index (χ1) is 8.99. The lowest BCUT2D eigenvalue weighted by Gasteiger charge is -2.10. The van der Waals surface area contributed by atoms with Crippen LogP contribution in [0.25, 0.3) is 0 Å². The predicted octanol–water partition coefficient (Wildman–Crippen LogP) is -1.94. The highest BCUT2D eigenvalue weighted by molar-refractivity contribution is 7.89. The molecule has 0 aliphatic rings. The molecule has 2 aromatic rings. The number of pyridine rings is 1. The van der Waals surface area contributed by atoms with Gasteiger partial charge in [-0.3, -0.25) is 0 Å². The first kappa shape index (κ1) is 16.4. The molecular formula is C13H16ClN3O2S. The third-order valence-corrected chi connectivity index (χ3v) is 4.25. The predicted molar refractivity (Wildman–Crippen MR) is 72.5 cm³/mol. The number of nitrogens with one attached hydrogen (secondary N) is 1. The van der Waals surface area contributed by atoms with E-state index in [1.807, 2.05) is 18.2 Å². The number of anilines is 1. The highest BCUT2D eigenvalue weighted by Gasteiger charge is 2.21. The van der Waals surface area contributed by atoms with Crippen molar-refractivity contribution in [1.82, 2.24) is 4.72 Å². The van der Waals surface area contributed by atoms with Gasteiger partial charge >= 0.3 is 0 Å². The molecule has 7 heteroatoms. The molecule has 1 unspecified atom stereocenters. The maximum Gasteiger partial charge on any atom is 0.245 e. The highest BCUT2D eigenvalue weighted by Crippen LogP contribution is 2.12. The highest BCUT2D eigenvalue weighted by atomic mass is 35.5. The molecule has 0 aliphatic carbocycles. The summed E-state index contributed by atoms with van der Waals surface area (Å²) in [5, 5.41) is 0. The molecule has 0 radical (unpaired) electrons. The van der Waals surface area contributed by atoms with E-state index in [2.05, 4.69) is 4.72 Å². The number of hydrogen-bond acceptors (Lipinski definition) is 3.